The van der Waals surface area contributed by atoms with Gasteiger partial charge in [-0.05, 0) is 36.4 Å². The predicted molar refractivity (Wildman–Crippen MR) is 137 cm³/mol. The van der Waals surface area contributed by atoms with Crippen LogP contribution in [0.4, 0.5) is 11.4 Å². The van der Waals surface area contributed by atoms with Crippen LogP contribution >= 0.6 is 0 Å². The van der Waals surface area contributed by atoms with E-state index in [2.05, 4.69) is 10.6 Å². The summed E-state index contributed by atoms with van der Waals surface area (Å²) in [6.45, 7) is 0.310. The van der Waals surface area contributed by atoms with E-state index >= 15 is 0 Å². The van der Waals surface area contributed by atoms with Crippen LogP contribution in [0.5, 0.6) is 5.75 Å². The monoisotopic (exact) mass is 540 g/mol. The molecule has 0 fully saturated rings. The van der Waals surface area contributed by atoms with E-state index in [1.807, 2.05) is 0 Å². The molecule has 0 aromatic heterocycles. The highest BCUT2D eigenvalue weighted by atomic mass is 16.5. The number of anilines is 2. The molecule has 4 amide bonds. The number of ether oxygens (including phenoxy) is 1. The summed E-state index contributed by atoms with van der Waals surface area (Å²) >= 11 is 0. The van der Waals surface area contributed by atoms with Crippen molar-refractivity contribution in [2.24, 2.45) is 0 Å². The summed E-state index contributed by atoms with van der Waals surface area (Å²) in [4.78, 5) is 78.0. The van der Waals surface area contributed by atoms with Crippen molar-refractivity contribution in [3.63, 3.8) is 0 Å². The molecular weight excluding hydrogens is 512 g/mol. The maximum absolute atomic E-state index is 13.6. The summed E-state index contributed by atoms with van der Waals surface area (Å²) in [5.41, 5.74) is 0.501. The van der Waals surface area contributed by atoms with Gasteiger partial charge in [0, 0.05) is 18.9 Å². The minimum absolute atomic E-state index is 0.0447. The van der Waals surface area contributed by atoms with E-state index in [-0.39, 0.29) is 23.5 Å². The van der Waals surface area contributed by atoms with Crippen LogP contribution in [0.2, 0.25) is 0 Å². The van der Waals surface area contributed by atoms with Crippen LogP contribution in [0.3, 0.4) is 0 Å². The van der Waals surface area contributed by atoms with Crippen LogP contribution in [0.1, 0.15) is 23.7 Å². The van der Waals surface area contributed by atoms with E-state index in [4.69, 9.17) is 14.9 Å². The highest BCUT2D eigenvalue weighted by molar-refractivity contribution is 6.43. The van der Waals surface area contributed by atoms with E-state index in [0.29, 0.717) is 12.0 Å². The number of benzene rings is 2. The minimum Gasteiger partial charge on any atom is -0.497 e. The second-order valence-corrected chi connectivity index (χ2v) is 8.65. The number of para-hydroxylation sites is 2. The molecule has 3 rings (SSSR count). The number of methoxy groups -OCH3 is 1. The summed E-state index contributed by atoms with van der Waals surface area (Å²) < 4.78 is 5.04. The summed E-state index contributed by atoms with van der Waals surface area (Å²) in [5, 5.41) is 22.9. The quantitative estimate of drug-likeness (QED) is 0.129. The molecule has 0 bridgehead atoms. The highest BCUT2D eigenvalue weighted by Crippen LogP contribution is 2.32. The van der Waals surface area contributed by atoms with Gasteiger partial charge in [-0.3, -0.25) is 28.9 Å². The number of carbonyl (C=O) groups is 6. The second-order valence-electron chi connectivity index (χ2n) is 8.65. The topological polar surface area (TPSA) is 183 Å². The van der Waals surface area contributed by atoms with Crippen LogP contribution in [0.15, 0.2) is 48.5 Å². The average Bonchev–Trinajstić information content (AvgIpc) is 3.02. The van der Waals surface area contributed by atoms with Gasteiger partial charge in [0.25, 0.3) is 11.8 Å². The van der Waals surface area contributed by atoms with Crippen LogP contribution in [-0.2, 0) is 24.0 Å². The third-order valence-corrected chi connectivity index (χ3v) is 5.91. The van der Waals surface area contributed by atoms with Crippen molar-refractivity contribution in [1.29, 1.82) is 0 Å². The molecule has 206 valence electrons. The third kappa shape index (κ3) is 7.03. The van der Waals surface area contributed by atoms with Crippen molar-refractivity contribution in [1.82, 2.24) is 10.6 Å². The zero-order chi connectivity index (χ0) is 28.7. The van der Waals surface area contributed by atoms with Gasteiger partial charge in [0.1, 0.15) is 24.6 Å². The molecule has 0 aliphatic carbocycles. The Bertz CT molecular complexity index is 1260. The molecule has 2 aromatic rings. The number of hydrogen-bond donors (Lipinski definition) is 4. The Kier molecular flexibility index (Phi) is 9.47. The van der Waals surface area contributed by atoms with Gasteiger partial charge >= 0.3 is 0 Å². The smallest absolute Gasteiger partial charge is 0.293 e. The SMILES string of the molecule is COc1ccc(C(=O)C(=O)N[C@H]2CN(C(C)=O)c3ccccc3N(CC(=O)N[C@H](C=O)CC(O)O)C2=O)cc1. The summed E-state index contributed by atoms with van der Waals surface area (Å²) in [6.07, 6.45) is -2.00. The van der Waals surface area contributed by atoms with Crippen molar-refractivity contribution >= 4 is 47.1 Å². The third-order valence-electron chi connectivity index (χ3n) is 5.91. The maximum Gasteiger partial charge on any atom is 0.293 e. The van der Waals surface area contributed by atoms with Gasteiger partial charge in [-0.25, -0.2) is 0 Å². The zero-order valence-corrected chi connectivity index (χ0v) is 21.2. The van der Waals surface area contributed by atoms with Crippen molar-refractivity contribution < 1.29 is 43.7 Å². The van der Waals surface area contributed by atoms with Crippen LogP contribution in [0, 0.1) is 0 Å². The van der Waals surface area contributed by atoms with Crippen LogP contribution < -0.4 is 25.2 Å². The highest BCUT2D eigenvalue weighted by Gasteiger charge is 2.38. The molecule has 13 nitrogen and oxygen atoms in total. The summed E-state index contributed by atoms with van der Waals surface area (Å²) in [5.74, 6) is -3.62. The number of amides is 4. The summed E-state index contributed by atoms with van der Waals surface area (Å²) in [7, 11) is 1.45. The number of hydrogen-bond acceptors (Lipinski definition) is 9. The molecule has 1 aliphatic heterocycles. The van der Waals surface area contributed by atoms with E-state index in [1.165, 1.54) is 49.3 Å². The van der Waals surface area contributed by atoms with E-state index in [1.54, 1.807) is 18.2 Å². The lowest BCUT2D eigenvalue weighted by Gasteiger charge is -2.25. The Morgan fingerprint density at radius 2 is 1.72 bits per heavy atom. The van der Waals surface area contributed by atoms with Crippen molar-refractivity contribution in [2.75, 3.05) is 30.0 Å². The van der Waals surface area contributed by atoms with Crippen molar-refractivity contribution in [3.05, 3.63) is 54.1 Å². The van der Waals surface area contributed by atoms with Gasteiger partial charge in [-0.2, -0.15) is 0 Å². The van der Waals surface area contributed by atoms with Gasteiger partial charge in [-0.15, -0.1) is 0 Å². The molecule has 0 unspecified atom stereocenters. The lowest BCUT2D eigenvalue weighted by molar-refractivity contribution is -0.128. The molecule has 39 heavy (non-hydrogen) atoms. The molecule has 2 atom stereocenters. The zero-order valence-electron chi connectivity index (χ0n) is 21.2. The lowest BCUT2D eigenvalue weighted by Crippen LogP contribution is -2.55. The van der Waals surface area contributed by atoms with E-state index < -0.39 is 60.8 Å². The number of rotatable bonds is 10. The van der Waals surface area contributed by atoms with Crippen LogP contribution in [-0.4, -0.2) is 84.5 Å². The van der Waals surface area contributed by atoms with Gasteiger partial charge < -0.3 is 35.3 Å². The first kappa shape index (κ1) is 28.9. The number of nitrogens with one attached hydrogen (secondary N) is 2. The Morgan fingerprint density at radius 1 is 1.08 bits per heavy atom. The molecule has 13 heteroatoms. The first-order chi connectivity index (χ1) is 18.5. The number of aldehydes is 1. The normalized spacial score (nSPS) is 15.6. The standard InChI is InChI=1S/C26H28N4O9/c1-15(32)29-12-19(28-25(37)24(36)16-7-9-18(39-2)10-8-16)26(38)30(21-6-4-3-5-20(21)29)13-22(33)27-17(14-31)11-23(34)35/h3-10,14,17,19,23,34-35H,11-13H2,1-2H3,(H,27,33)(H,28,37)/t17-,19-/m0/s1. The average molecular weight is 541 g/mol. The molecule has 0 saturated carbocycles. The first-order valence-corrected chi connectivity index (χ1v) is 11.8. The molecule has 0 radical (unpaired) electrons. The second kappa shape index (κ2) is 12.8. The number of ketones is 1. The number of aliphatic hydroxyl groups is 2. The van der Waals surface area contributed by atoms with Gasteiger partial charge in [0.2, 0.25) is 17.6 Å². The Hall–Kier alpha value is -4.62. The molecule has 1 aliphatic rings. The fraction of sp³-hybridized carbons (Fsp3) is 0.308. The van der Waals surface area contributed by atoms with Gasteiger partial charge in [-0.1, -0.05) is 12.1 Å². The summed E-state index contributed by atoms with van der Waals surface area (Å²) in [6, 6.07) is 9.36. The van der Waals surface area contributed by atoms with Crippen LogP contribution in [0.25, 0.3) is 0 Å². The van der Waals surface area contributed by atoms with E-state index in [0.717, 1.165) is 4.90 Å². The van der Waals surface area contributed by atoms with E-state index in [9.17, 15) is 28.8 Å². The van der Waals surface area contributed by atoms with Crippen molar-refractivity contribution in [2.45, 2.75) is 31.7 Å². The number of nitrogens with zero attached hydrogens (tertiary/aromatic N) is 2. The fourth-order valence-electron chi connectivity index (χ4n) is 4.02. The predicted octanol–water partition coefficient (Wildman–Crippen LogP) is -0.853. The number of carbonyl (C=O) groups excluding carboxylic acids is 6. The molecule has 0 saturated heterocycles. The number of aliphatic hydroxyl groups excluding tert-OH is 1. The lowest BCUT2D eigenvalue weighted by atomic mass is 10.1. The molecule has 4 N–H and O–H groups in total. The number of fused-ring (bicyclic) bond motifs is 1. The van der Waals surface area contributed by atoms with Gasteiger partial charge in [0.15, 0.2) is 6.29 Å². The Morgan fingerprint density at radius 3 is 2.28 bits per heavy atom. The first-order valence-electron chi connectivity index (χ1n) is 11.8. The maximum atomic E-state index is 13.6. The largest absolute Gasteiger partial charge is 0.497 e. The molecule has 2 aromatic carbocycles. The number of Topliss-reactive ketones (excluding diaryl/α,β-unsaturated/α-hetero) is 1. The molecule has 1 heterocycles. The molecule has 0 spiro atoms. The minimum atomic E-state index is -1.85. The van der Waals surface area contributed by atoms with Gasteiger partial charge in [0.05, 0.1) is 31.1 Å². The Labute approximate surface area is 223 Å². The Balaban J connectivity index is 1.90. The molecular formula is C26H28N4O9. The van der Waals surface area contributed by atoms with Crippen molar-refractivity contribution in [3.8, 4) is 5.75 Å². The fourth-order valence-corrected chi connectivity index (χ4v) is 4.02.